The van der Waals surface area contributed by atoms with Crippen molar-refractivity contribution >= 4 is 11.5 Å². The molecule has 0 saturated heterocycles. The van der Waals surface area contributed by atoms with Crippen LogP contribution in [0.2, 0.25) is 0 Å². The van der Waals surface area contributed by atoms with Crippen LogP contribution >= 0.6 is 0 Å². The van der Waals surface area contributed by atoms with E-state index in [9.17, 15) is 0 Å². The SMILES string of the molecule is Cc1ccc(-c2cccc(CNc3cncc4ncnn34)c2)cc1. The topological polar surface area (TPSA) is 55.1 Å². The summed E-state index contributed by atoms with van der Waals surface area (Å²) in [5.74, 6) is 0.825. The molecule has 0 fully saturated rings. The number of rotatable bonds is 4. The van der Waals surface area contributed by atoms with E-state index in [0.717, 1.165) is 11.5 Å². The molecule has 0 aliphatic heterocycles. The highest BCUT2D eigenvalue weighted by Crippen LogP contribution is 2.21. The molecule has 0 unspecified atom stereocenters. The molecule has 0 saturated carbocycles. The van der Waals surface area contributed by atoms with Gasteiger partial charge in [0.2, 0.25) is 0 Å². The normalized spacial score (nSPS) is 10.9. The Kier molecular flexibility index (Phi) is 3.67. The minimum absolute atomic E-state index is 0.695. The monoisotopic (exact) mass is 315 g/mol. The minimum Gasteiger partial charge on any atom is -0.365 e. The number of nitrogens with zero attached hydrogens (tertiary/aromatic N) is 4. The second-order valence-corrected chi connectivity index (χ2v) is 5.74. The lowest BCUT2D eigenvalue weighted by Crippen LogP contribution is -2.05. The van der Waals surface area contributed by atoms with Gasteiger partial charge in [-0.15, -0.1) is 0 Å². The summed E-state index contributed by atoms with van der Waals surface area (Å²) in [5, 5.41) is 7.58. The predicted molar refractivity (Wildman–Crippen MR) is 94.7 cm³/mol. The van der Waals surface area contributed by atoms with Gasteiger partial charge in [0.25, 0.3) is 0 Å². The second kappa shape index (κ2) is 6.12. The van der Waals surface area contributed by atoms with Crippen LogP contribution in [0.25, 0.3) is 16.8 Å². The number of anilines is 1. The highest BCUT2D eigenvalue weighted by atomic mass is 15.3. The predicted octanol–water partition coefficient (Wildman–Crippen LogP) is 3.71. The molecule has 0 radical (unpaired) electrons. The van der Waals surface area contributed by atoms with Crippen LogP contribution in [0.3, 0.4) is 0 Å². The Labute approximate surface area is 140 Å². The third kappa shape index (κ3) is 2.84. The molecule has 5 nitrogen and oxygen atoms in total. The largest absolute Gasteiger partial charge is 0.365 e. The van der Waals surface area contributed by atoms with Crippen molar-refractivity contribution in [2.75, 3.05) is 5.32 Å². The van der Waals surface area contributed by atoms with Crippen molar-refractivity contribution in [2.24, 2.45) is 0 Å². The molecule has 5 heteroatoms. The molecule has 2 heterocycles. The first kappa shape index (κ1) is 14.4. The second-order valence-electron chi connectivity index (χ2n) is 5.74. The van der Waals surface area contributed by atoms with Crippen LogP contribution in [0.1, 0.15) is 11.1 Å². The Hall–Kier alpha value is -3.21. The van der Waals surface area contributed by atoms with Gasteiger partial charge in [-0.3, -0.25) is 4.98 Å². The molecule has 0 atom stereocenters. The van der Waals surface area contributed by atoms with Gasteiger partial charge >= 0.3 is 0 Å². The molecular formula is C19H17N5. The van der Waals surface area contributed by atoms with Gasteiger partial charge in [-0.1, -0.05) is 48.0 Å². The van der Waals surface area contributed by atoms with Gasteiger partial charge in [0.15, 0.2) is 5.65 Å². The lowest BCUT2D eigenvalue weighted by molar-refractivity contribution is 0.930. The van der Waals surface area contributed by atoms with Gasteiger partial charge in [-0.2, -0.15) is 9.61 Å². The molecule has 4 rings (SSSR count). The first-order chi connectivity index (χ1) is 11.8. The van der Waals surface area contributed by atoms with E-state index in [1.54, 1.807) is 16.9 Å². The van der Waals surface area contributed by atoms with E-state index in [1.165, 1.54) is 28.6 Å². The van der Waals surface area contributed by atoms with Gasteiger partial charge < -0.3 is 5.32 Å². The number of hydrogen-bond acceptors (Lipinski definition) is 4. The van der Waals surface area contributed by atoms with Gasteiger partial charge in [0, 0.05) is 6.54 Å². The summed E-state index contributed by atoms with van der Waals surface area (Å²) in [6.45, 7) is 2.79. The first-order valence-corrected chi connectivity index (χ1v) is 7.83. The van der Waals surface area contributed by atoms with Crippen LogP contribution in [0, 0.1) is 6.92 Å². The van der Waals surface area contributed by atoms with Crippen molar-refractivity contribution < 1.29 is 0 Å². The molecule has 0 aliphatic carbocycles. The molecule has 4 aromatic rings. The summed E-state index contributed by atoms with van der Waals surface area (Å²) < 4.78 is 1.75. The number of aromatic nitrogens is 4. The van der Waals surface area contributed by atoms with Crippen molar-refractivity contribution in [3.63, 3.8) is 0 Å². The fourth-order valence-corrected chi connectivity index (χ4v) is 2.67. The van der Waals surface area contributed by atoms with Gasteiger partial charge in [0.05, 0.1) is 12.4 Å². The zero-order valence-electron chi connectivity index (χ0n) is 13.3. The van der Waals surface area contributed by atoms with E-state index in [0.29, 0.717) is 6.54 Å². The zero-order valence-corrected chi connectivity index (χ0v) is 13.3. The fraction of sp³-hybridized carbons (Fsp3) is 0.105. The summed E-state index contributed by atoms with van der Waals surface area (Å²) in [6, 6.07) is 17.1. The van der Waals surface area contributed by atoms with E-state index in [1.807, 2.05) is 0 Å². The smallest absolute Gasteiger partial charge is 0.175 e. The third-order valence-electron chi connectivity index (χ3n) is 3.97. The van der Waals surface area contributed by atoms with Crippen molar-refractivity contribution in [1.82, 2.24) is 19.6 Å². The number of benzene rings is 2. The molecule has 0 aliphatic rings. The average molecular weight is 315 g/mol. The lowest BCUT2D eigenvalue weighted by Gasteiger charge is -2.09. The third-order valence-corrected chi connectivity index (χ3v) is 3.97. The molecular weight excluding hydrogens is 298 g/mol. The number of hydrogen-bond donors (Lipinski definition) is 1. The lowest BCUT2D eigenvalue weighted by atomic mass is 10.0. The Morgan fingerprint density at radius 3 is 2.75 bits per heavy atom. The van der Waals surface area contributed by atoms with Crippen molar-refractivity contribution in [3.05, 3.63) is 78.4 Å². The van der Waals surface area contributed by atoms with E-state index in [-0.39, 0.29) is 0 Å². The summed E-state index contributed by atoms with van der Waals surface area (Å²) in [7, 11) is 0. The highest BCUT2D eigenvalue weighted by Gasteiger charge is 2.03. The Morgan fingerprint density at radius 1 is 1.00 bits per heavy atom. The fourth-order valence-electron chi connectivity index (χ4n) is 2.67. The quantitative estimate of drug-likeness (QED) is 0.624. The van der Waals surface area contributed by atoms with Crippen LogP contribution in [-0.4, -0.2) is 19.6 Å². The van der Waals surface area contributed by atoms with Crippen LogP contribution in [0.15, 0.2) is 67.3 Å². The Morgan fingerprint density at radius 2 is 1.88 bits per heavy atom. The standard InChI is InChI=1S/C19H17N5/c1-14-5-7-16(8-6-14)17-4-2-3-15(9-17)10-21-18-11-20-12-19-22-13-23-24(18)19/h2-9,11-13,21H,10H2,1H3. The van der Waals surface area contributed by atoms with Gasteiger partial charge in [0.1, 0.15) is 12.1 Å². The highest BCUT2D eigenvalue weighted by molar-refractivity contribution is 5.64. The zero-order chi connectivity index (χ0) is 16.4. The van der Waals surface area contributed by atoms with Crippen molar-refractivity contribution in [2.45, 2.75) is 13.5 Å². The summed E-state index contributed by atoms with van der Waals surface area (Å²) in [6.07, 6.45) is 4.97. The number of aryl methyl sites for hydroxylation is 1. The maximum Gasteiger partial charge on any atom is 0.175 e. The first-order valence-electron chi connectivity index (χ1n) is 7.83. The molecule has 1 N–H and O–H groups in total. The van der Waals surface area contributed by atoms with Gasteiger partial charge in [-0.05, 0) is 29.7 Å². The van der Waals surface area contributed by atoms with Crippen molar-refractivity contribution in [1.29, 1.82) is 0 Å². The van der Waals surface area contributed by atoms with E-state index < -0.39 is 0 Å². The van der Waals surface area contributed by atoms with Crippen LogP contribution < -0.4 is 5.32 Å². The van der Waals surface area contributed by atoms with Crippen LogP contribution in [0.4, 0.5) is 5.82 Å². The maximum absolute atomic E-state index is 4.21. The molecule has 0 bridgehead atoms. The molecule has 24 heavy (non-hydrogen) atoms. The maximum atomic E-state index is 4.21. The molecule has 2 aromatic carbocycles. The molecule has 0 spiro atoms. The summed E-state index contributed by atoms with van der Waals surface area (Å²) >= 11 is 0. The van der Waals surface area contributed by atoms with E-state index >= 15 is 0 Å². The Balaban J connectivity index is 1.56. The van der Waals surface area contributed by atoms with E-state index in [4.69, 9.17) is 0 Å². The van der Waals surface area contributed by atoms with Crippen molar-refractivity contribution in [3.8, 4) is 11.1 Å². The summed E-state index contributed by atoms with van der Waals surface area (Å²) in [5.41, 5.74) is 5.64. The molecule has 118 valence electrons. The minimum atomic E-state index is 0.695. The van der Waals surface area contributed by atoms with Gasteiger partial charge in [-0.25, -0.2) is 4.98 Å². The number of fused-ring (bicyclic) bond motifs is 1. The average Bonchev–Trinajstić information content (AvgIpc) is 3.10. The molecule has 2 aromatic heterocycles. The number of nitrogens with one attached hydrogen (secondary N) is 1. The van der Waals surface area contributed by atoms with E-state index in [2.05, 4.69) is 75.8 Å². The molecule has 0 amide bonds. The Bertz CT molecular complexity index is 972. The summed E-state index contributed by atoms with van der Waals surface area (Å²) in [4.78, 5) is 8.33. The van der Waals surface area contributed by atoms with Crippen LogP contribution in [-0.2, 0) is 6.54 Å². The van der Waals surface area contributed by atoms with Crippen LogP contribution in [0.5, 0.6) is 0 Å².